The lowest BCUT2D eigenvalue weighted by atomic mass is 10.2. The highest BCUT2D eigenvalue weighted by Crippen LogP contribution is 2.21. The highest BCUT2D eigenvalue weighted by atomic mass is 32.2. The van der Waals surface area contributed by atoms with E-state index < -0.39 is 10.0 Å². The first-order valence-corrected chi connectivity index (χ1v) is 7.66. The van der Waals surface area contributed by atoms with E-state index in [1.807, 2.05) is 0 Å². The topological polar surface area (TPSA) is 95.1 Å². The number of sulfonamides is 1. The minimum absolute atomic E-state index is 0.104. The van der Waals surface area contributed by atoms with E-state index in [-0.39, 0.29) is 11.5 Å². The molecule has 0 aliphatic carbocycles. The molecule has 0 bridgehead atoms. The fraction of sp³-hybridized carbons (Fsp3) is 0.214. The predicted molar refractivity (Wildman–Crippen MR) is 79.3 cm³/mol. The van der Waals surface area contributed by atoms with E-state index in [9.17, 15) is 8.42 Å². The van der Waals surface area contributed by atoms with Gasteiger partial charge in [-0.2, -0.15) is 5.10 Å². The number of benzene rings is 1. The summed E-state index contributed by atoms with van der Waals surface area (Å²) in [6.45, 7) is 3.17. The van der Waals surface area contributed by atoms with Crippen molar-refractivity contribution in [2.75, 3.05) is 11.3 Å². The Kier molecular flexibility index (Phi) is 4.31. The quantitative estimate of drug-likeness (QED) is 0.742. The zero-order chi connectivity index (χ0) is 15.5. The standard InChI is InChI=1S/C14H15N3O3S/c1-10-14(11(2)16-15-10)17-21(19,20)13-7-3-5-12(9-13)6-4-8-18/h3,5,7,9,17-18H,8H2,1-2H3,(H,15,16). The van der Waals surface area contributed by atoms with Crippen LogP contribution in [0.25, 0.3) is 0 Å². The number of aliphatic hydroxyl groups excluding tert-OH is 1. The van der Waals surface area contributed by atoms with Crippen LogP contribution in [-0.2, 0) is 10.0 Å². The van der Waals surface area contributed by atoms with Crippen molar-refractivity contribution < 1.29 is 13.5 Å². The van der Waals surface area contributed by atoms with Gasteiger partial charge in [-0.05, 0) is 32.0 Å². The van der Waals surface area contributed by atoms with Gasteiger partial charge >= 0.3 is 0 Å². The highest BCUT2D eigenvalue weighted by Gasteiger charge is 2.18. The molecular formula is C14H15N3O3S. The van der Waals surface area contributed by atoms with Crippen molar-refractivity contribution >= 4 is 15.7 Å². The summed E-state index contributed by atoms with van der Waals surface area (Å²) in [5, 5.41) is 15.3. The van der Waals surface area contributed by atoms with Gasteiger partial charge in [0.25, 0.3) is 10.0 Å². The second-order valence-corrected chi connectivity index (χ2v) is 6.08. The zero-order valence-electron chi connectivity index (χ0n) is 11.6. The van der Waals surface area contributed by atoms with Crippen molar-refractivity contribution in [1.29, 1.82) is 0 Å². The highest BCUT2D eigenvalue weighted by molar-refractivity contribution is 7.92. The van der Waals surface area contributed by atoms with E-state index in [4.69, 9.17) is 5.11 Å². The molecule has 0 spiro atoms. The molecule has 1 aromatic carbocycles. The maximum Gasteiger partial charge on any atom is 0.262 e. The van der Waals surface area contributed by atoms with Crippen molar-refractivity contribution in [2.24, 2.45) is 0 Å². The SMILES string of the molecule is Cc1n[nH]c(C)c1NS(=O)(=O)c1cccc(C#CCO)c1. The van der Waals surface area contributed by atoms with Crippen molar-refractivity contribution in [3.63, 3.8) is 0 Å². The summed E-state index contributed by atoms with van der Waals surface area (Å²) < 4.78 is 27.3. The number of aliphatic hydroxyl groups is 1. The number of aryl methyl sites for hydroxylation is 2. The molecule has 0 radical (unpaired) electrons. The molecule has 0 aliphatic heterocycles. The molecule has 0 saturated carbocycles. The van der Waals surface area contributed by atoms with Gasteiger partial charge in [-0.15, -0.1) is 0 Å². The normalized spacial score (nSPS) is 10.8. The van der Waals surface area contributed by atoms with Gasteiger partial charge in [-0.3, -0.25) is 9.82 Å². The zero-order valence-corrected chi connectivity index (χ0v) is 12.5. The molecule has 0 aliphatic rings. The number of anilines is 1. The average Bonchev–Trinajstić information content (AvgIpc) is 2.77. The molecule has 0 unspecified atom stereocenters. The largest absolute Gasteiger partial charge is 0.384 e. The molecule has 1 aromatic heterocycles. The summed E-state index contributed by atoms with van der Waals surface area (Å²) in [7, 11) is -3.72. The van der Waals surface area contributed by atoms with Gasteiger partial charge in [0.1, 0.15) is 6.61 Å². The van der Waals surface area contributed by atoms with Crippen LogP contribution in [0.2, 0.25) is 0 Å². The first-order valence-electron chi connectivity index (χ1n) is 6.18. The first kappa shape index (κ1) is 15.1. The maximum atomic E-state index is 12.4. The number of rotatable bonds is 3. The molecule has 2 aromatic rings. The Balaban J connectivity index is 2.36. The van der Waals surface area contributed by atoms with Gasteiger partial charge in [-0.25, -0.2) is 8.42 Å². The second kappa shape index (κ2) is 5.99. The van der Waals surface area contributed by atoms with Crippen molar-refractivity contribution in [3.05, 3.63) is 41.2 Å². The summed E-state index contributed by atoms with van der Waals surface area (Å²) in [5.41, 5.74) is 2.19. The minimum Gasteiger partial charge on any atom is -0.384 e. The van der Waals surface area contributed by atoms with Crippen LogP contribution in [0.15, 0.2) is 29.2 Å². The molecule has 2 rings (SSSR count). The predicted octanol–water partition coefficient (Wildman–Crippen LogP) is 1.17. The number of H-pyrrole nitrogens is 1. The van der Waals surface area contributed by atoms with Crippen LogP contribution in [-0.4, -0.2) is 30.3 Å². The number of hydrogen-bond acceptors (Lipinski definition) is 4. The van der Waals surface area contributed by atoms with Crippen LogP contribution < -0.4 is 4.72 Å². The number of nitrogens with one attached hydrogen (secondary N) is 2. The smallest absolute Gasteiger partial charge is 0.262 e. The van der Waals surface area contributed by atoms with Gasteiger partial charge in [0.15, 0.2) is 0 Å². The monoisotopic (exact) mass is 305 g/mol. The lowest BCUT2D eigenvalue weighted by Gasteiger charge is -2.08. The van der Waals surface area contributed by atoms with E-state index >= 15 is 0 Å². The lowest BCUT2D eigenvalue weighted by molar-refractivity contribution is 0.350. The van der Waals surface area contributed by atoms with Gasteiger partial charge < -0.3 is 5.11 Å². The molecular weight excluding hydrogens is 290 g/mol. The van der Waals surface area contributed by atoms with Crippen LogP contribution in [0.5, 0.6) is 0 Å². The fourth-order valence-corrected chi connectivity index (χ4v) is 3.00. The number of aromatic nitrogens is 2. The molecule has 110 valence electrons. The summed E-state index contributed by atoms with van der Waals surface area (Å²) >= 11 is 0. The Morgan fingerprint density at radius 3 is 2.76 bits per heavy atom. The summed E-state index contributed by atoms with van der Waals surface area (Å²) in [6, 6.07) is 6.22. The van der Waals surface area contributed by atoms with Crippen LogP contribution in [0.3, 0.4) is 0 Å². The summed E-state index contributed by atoms with van der Waals surface area (Å²) in [5.74, 6) is 5.16. The van der Waals surface area contributed by atoms with Crippen molar-refractivity contribution in [2.45, 2.75) is 18.7 Å². The van der Waals surface area contributed by atoms with Gasteiger partial charge in [0.2, 0.25) is 0 Å². The molecule has 0 saturated heterocycles. The van der Waals surface area contributed by atoms with E-state index in [2.05, 4.69) is 26.8 Å². The fourth-order valence-electron chi connectivity index (χ4n) is 1.78. The molecule has 6 nitrogen and oxygen atoms in total. The van der Waals surface area contributed by atoms with Crippen LogP contribution in [0, 0.1) is 25.7 Å². The minimum atomic E-state index is -3.72. The Hall–Kier alpha value is -2.30. The third kappa shape index (κ3) is 3.42. The van der Waals surface area contributed by atoms with E-state index in [1.54, 1.807) is 26.0 Å². The van der Waals surface area contributed by atoms with Gasteiger partial charge in [0.05, 0.1) is 22.0 Å². The van der Waals surface area contributed by atoms with Crippen molar-refractivity contribution in [1.82, 2.24) is 10.2 Å². The van der Waals surface area contributed by atoms with E-state index in [0.29, 0.717) is 22.6 Å². The Bertz CT molecular complexity index is 794. The molecule has 21 heavy (non-hydrogen) atoms. The Labute approximate surface area is 123 Å². The number of aromatic amines is 1. The molecule has 0 amide bonds. The Morgan fingerprint density at radius 1 is 1.38 bits per heavy atom. The van der Waals surface area contributed by atoms with E-state index in [0.717, 1.165) is 0 Å². The number of nitrogens with zero attached hydrogens (tertiary/aromatic N) is 1. The average molecular weight is 305 g/mol. The lowest BCUT2D eigenvalue weighted by Crippen LogP contribution is -2.14. The second-order valence-electron chi connectivity index (χ2n) is 4.40. The third-order valence-corrected chi connectivity index (χ3v) is 4.17. The molecule has 0 fully saturated rings. The van der Waals surface area contributed by atoms with Gasteiger partial charge in [-0.1, -0.05) is 17.9 Å². The maximum absolute atomic E-state index is 12.4. The van der Waals surface area contributed by atoms with Crippen LogP contribution in [0.4, 0.5) is 5.69 Å². The van der Waals surface area contributed by atoms with Gasteiger partial charge in [0, 0.05) is 5.56 Å². The first-order chi connectivity index (χ1) is 9.94. The Morgan fingerprint density at radius 2 is 2.14 bits per heavy atom. The van der Waals surface area contributed by atoms with Crippen LogP contribution in [0.1, 0.15) is 17.0 Å². The molecule has 3 N–H and O–H groups in total. The molecule has 7 heteroatoms. The summed E-state index contributed by atoms with van der Waals surface area (Å²) in [4.78, 5) is 0.104. The molecule has 0 atom stereocenters. The number of hydrogen-bond donors (Lipinski definition) is 3. The molecule has 1 heterocycles. The third-order valence-electron chi connectivity index (χ3n) is 2.82. The summed E-state index contributed by atoms with van der Waals surface area (Å²) in [6.07, 6.45) is 0. The van der Waals surface area contributed by atoms with Crippen LogP contribution >= 0.6 is 0 Å². The van der Waals surface area contributed by atoms with E-state index in [1.165, 1.54) is 12.1 Å². The van der Waals surface area contributed by atoms with Crippen molar-refractivity contribution in [3.8, 4) is 11.8 Å².